The van der Waals surface area contributed by atoms with Gasteiger partial charge >= 0.3 is 0 Å². The lowest BCUT2D eigenvalue weighted by Gasteiger charge is -2.29. The van der Waals surface area contributed by atoms with Crippen LogP contribution in [0.1, 0.15) is 26.2 Å². The standard InChI is InChI=1S/C10H21NO2/c1-2-3-9(4-5-12)6-11-10-7-13-8-10/h9-12H,2-8H2,1H3. The highest BCUT2D eigenvalue weighted by molar-refractivity contribution is 4.74. The van der Waals surface area contributed by atoms with E-state index in [9.17, 15) is 0 Å². The van der Waals surface area contributed by atoms with E-state index in [1.54, 1.807) is 0 Å². The number of rotatable bonds is 7. The fourth-order valence-electron chi connectivity index (χ4n) is 1.63. The van der Waals surface area contributed by atoms with Crippen LogP contribution < -0.4 is 5.32 Å². The Balaban J connectivity index is 2.05. The van der Waals surface area contributed by atoms with Crippen molar-refractivity contribution in [1.82, 2.24) is 5.32 Å². The Bertz CT molecular complexity index is 120. The second kappa shape index (κ2) is 6.35. The summed E-state index contributed by atoms with van der Waals surface area (Å²) in [5, 5.41) is 12.3. The molecule has 0 aromatic carbocycles. The van der Waals surface area contributed by atoms with E-state index in [1.807, 2.05) is 0 Å². The van der Waals surface area contributed by atoms with Crippen molar-refractivity contribution >= 4 is 0 Å². The fraction of sp³-hybridized carbons (Fsp3) is 1.00. The van der Waals surface area contributed by atoms with Crippen LogP contribution in [-0.4, -0.2) is 37.5 Å². The summed E-state index contributed by atoms with van der Waals surface area (Å²) in [4.78, 5) is 0. The van der Waals surface area contributed by atoms with Crippen molar-refractivity contribution in [2.45, 2.75) is 32.2 Å². The third kappa shape index (κ3) is 4.07. The molecule has 0 aromatic heterocycles. The van der Waals surface area contributed by atoms with E-state index in [0.717, 1.165) is 26.2 Å². The average Bonchev–Trinajstić information content (AvgIpc) is 2.02. The molecule has 0 amide bonds. The van der Waals surface area contributed by atoms with Crippen molar-refractivity contribution in [2.75, 3.05) is 26.4 Å². The number of hydrogen-bond acceptors (Lipinski definition) is 3. The molecule has 1 unspecified atom stereocenters. The molecule has 3 nitrogen and oxygen atoms in total. The minimum atomic E-state index is 0.313. The van der Waals surface area contributed by atoms with Gasteiger partial charge in [-0.05, 0) is 25.3 Å². The van der Waals surface area contributed by atoms with Gasteiger partial charge in [0.25, 0.3) is 0 Å². The molecule has 1 fully saturated rings. The van der Waals surface area contributed by atoms with E-state index in [2.05, 4.69) is 12.2 Å². The van der Waals surface area contributed by atoms with E-state index in [-0.39, 0.29) is 0 Å². The summed E-state index contributed by atoms with van der Waals surface area (Å²) in [6.45, 7) is 5.25. The lowest BCUT2D eigenvalue weighted by molar-refractivity contribution is -0.00696. The van der Waals surface area contributed by atoms with Gasteiger partial charge in [-0.3, -0.25) is 0 Å². The van der Waals surface area contributed by atoms with Crippen molar-refractivity contribution in [3.63, 3.8) is 0 Å². The van der Waals surface area contributed by atoms with Crippen LogP contribution in [0, 0.1) is 5.92 Å². The first kappa shape index (κ1) is 11.0. The molecule has 0 aliphatic carbocycles. The molecule has 1 saturated heterocycles. The first-order valence-electron chi connectivity index (χ1n) is 5.28. The number of aliphatic hydroxyl groups excluding tert-OH is 1. The quantitative estimate of drug-likeness (QED) is 0.618. The van der Waals surface area contributed by atoms with Crippen LogP contribution in [0.3, 0.4) is 0 Å². The van der Waals surface area contributed by atoms with Gasteiger partial charge in [-0.15, -0.1) is 0 Å². The van der Waals surface area contributed by atoms with Crippen molar-refractivity contribution < 1.29 is 9.84 Å². The highest BCUT2D eigenvalue weighted by Gasteiger charge is 2.18. The van der Waals surface area contributed by atoms with Gasteiger partial charge in [0.15, 0.2) is 0 Å². The van der Waals surface area contributed by atoms with Crippen LogP contribution >= 0.6 is 0 Å². The fourth-order valence-corrected chi connectivity index (χ4v) is 1.63. The van der Waals surface area contributed by atoms with E-state index < -0.39 is 0 Å². The van der Waals surface area contributed by atoms with Gasteiger partial charge in [0.2, 0.25) is 0 Å². The molecule has 0 saturated carbocycles. The Labute approximate surface area is 80.5 Å². The summed E-state index contributed by atoms with van der Waals surface area (Å²) in [7, 11) is 0. The maximum absolute atomic E-state index is 8.85. The molecule has 1 aliphatic rings. The van der Waals surface area contributed by atoms with Gasteiger partial charge in [0.05, 0.1) is 19.3 Å². The molecule has 1 aliphatic heterocycles. The predicted octanol–water partition coefficient (Wildman–Crippen LogP) is 0.773. The smallest absolute Gasteiger partial charge is 0.0643 e. The van der Waals surface area contributed by atoms with Gasteiger partial charge in [-0.25, -0.2) is 0 Å². The van der Waals surface area contributed by atoms with Gasteiger partial charge in [0.1, 0.15) is 0 Å². The van der Waals surface area contributed by atoms with Gasteiger partial charge in [-0.1, -0.05) is 13.3 Å². The molecule has 0 aromatic rings. The first-order valence-corrected chi connectivity index (χ1v) is 5.28. The first-order chi connectivity index (χ1) is 6.36. The molecule has 0 radical (unpaired) electrons. The Kier molecular flexibility index (Phi) is 5.35. The average molecular weight is 187 g/mol. The minimum absolute atomic E-state index is 0.313. The Hall–Kier alpha value is -0.120. The molecule has 0 bridgehead atoms. The highest BCUT2D eigenvalue weighted by Crippen LogP contribution is 2.10. The van der Waals surface area contributed by atoms with Gasteiger partial charge < -0.3 is 15.2 Å². The van der Waals surface area contributed by atoms with Crippen LogP contribution in [0.25, 0.3) is 0 Å². The molecule has 1 heterocycles. The zero-order valence-electron chi connectivity index (χ0n) is 8.46. The normalized spacial score (nSPS) is 19.8. The zero-order chi connectivity index (χ0) is 9.52. The van der Waals surface area contributed by atoms with Crippen molar-refractivity contribution in [3.05, 3.63) is 0 Å². The van der Waals surface area contributed by atoms with E-state index in [4.69, 9.17) is 9.84 Å². The highest BCUT2D eigenvalue weighted by atomic mass is 16.5. The summed E-state index contributed by atoms with van der Waals surface area (Å²) in [6, 6.07) is 0.568. The number of hydrogen-bond donors (Lipinski definition) is 2. The summed E-state index contributed by atoms with van der Waals surface area (Å²) < 4.78 is 5.08. The van der Waals surface area contributed by atoms with Crippen LogP contribution in [-0.2, 0) is 4.74 Å². The number of ether oxygens (including phenoxy) is 1. The number of nitrogens with one attached hydrogen (secondary N) is 1. The zero-order valence-corrected chi connectivity index (χ0v) is 8.46. The lowest BCUT2D eigenvalue weighted by Crippen LogP contribution is -2.47. The molecule has 13 heavy (non-hydrogen) atoms. The minimum Gasteiger partial charge on any atom is -0.396 e. The third-order valence-electron chi connectivity index (χ3n) is 2.57. The summed E-state index contributed by atoms with van der Waals surface area (Å²) in [5.41, 5.74) is 0. The Morgan fingerprint density at radius 2 is 2.23 bits per heavy atom. The topological polar surface area (TPSA) is 41.5 Å². The van der Waals surface area contributed by atoms with Crippen molar-refractivity contribution in [3.8, 4) is 0 Å². The maximum atomic E-state index is 8.85. The van der Waals surface area contributed by atoms with Crippen LogP contribution in [0.5, 0.6) is 0 Å². The summed E-state index contributed by atoms with van der Waals surface area (Å²) >= 11 is 0. The number of aliphatic hydroxyl groups is 1. The molecule has 1 atom stereocenters. The van der Waals surface area contributed by atoms with Crippen molar-refractivity contribution in [1.29, 1.82) is 0 Å². The molecule has 1 rings (SSSR count). The Morgan fingerprint density at radius 1 is 1.46 bits per heavy atom. The molecule has 2 N–H and O–H groups in total. The molecular formula is C10H21NO2. The van der Waals surface area contributed by atoms with Crippen LogP contribution in [0.4, 0.5) is 0 Å². The Morgan fingerprint density at radius 3 is 2.69 bits per heavy atom. The molecule has 0 spiro atoms. The van der Waals surface area contributed by atoms with E-state index in [1.165, 1.54) is 12.8 Å². The third-order valence-corrected chi connectivity index (χ3v) is 2.57. The van der Waals surface area contributed by atoms with E-state index in [0.29, 0.717) is 18.6 Å². The summed E-state index contributed by atoms with van der Waals surface area (Å²) in [5.74, 6) is 0.635. The van der Waals surface area contributed by atoms with Crippen LogP contribution in [0.2, 0.25) is 0 Å². The van der Waals surface area contributed by atoms with E-state index >= 15 is 0 Å². The molecular weight excluding hydrogens is 166 g/mol. The monoisotopic (exact) mass is 187 g/mol. The molecule has 78 valence electrons. The second-order valence-corrected chi connectivity index (χ2v) is 3.81. The maximum Gasteiger partial charge on any atom is 0.0643 e. The SMILES string of the molecule is CCCC(CCO)CNC1COC1. The molecule has 3 heteroatoms. The largest absolute Gasteiger partial charge is 0.396 e. The van der Waals surface area contributed by atoms with Gasteiger partial charge in [0, 0.05) is 6.61 Å². The lowest BCUT2D eigenvalue weighted by atomic mass is 10.00. The second-order valence-electron chi connectivity index (χ2n) is 3.81. The van der Waals surface area contributed by atoms with Gasteiger partial charge in [-0.2, -0.15) is 0 Å². The summed E-state index contributed by atoms with van der Waals surface area (Å²) in [6.07, 6.45) is 3.34. The van der Waals surface area contributed by atoms with Crippen molar-refractivity contribution in [2.24, 2.45) is 5.92 Å². The predicted molar refractivity (Wildman–Crippen MR) is 52.7 cm³/mol. The van der Waals surface area contributed by atoms with Crippen LogP contribution in [0.15, 0.2) is 0 Å².